The van der Waals surface area contributed by atoms with E-state index in [1.165, 1.54) is 11.7 Å². The van der Waals surface area contributed by atoms with Crippen LogP contribution in [0, 0.1) is 0 Å². The average molecular weight is 390 g/mol. The van der Waals surface area contributed by atoms with Crippen molar-refractivity contribution in [1.29, 1.82) is 0 Å². The van der Waals surface area contributed by atoms with Crippen LogP contribution in [0.5, 0.6) is 5.75 Å². The van der Waals surface area contributed by atoms with Gasteiger partial charge < -0.3 is 10.5 Å². The van der Waals surface area contributed by atoms with Crippen molar-refractivity contribution in [2.24, 2.45) is 5.73 Å². The summed E-state index contributed by atoms with van der Waals surface area (Å²) in [7, 11) is 1.52. The molecule has 3 rings (SSSR count). The molecule has 3 aromatic rings. The van der Waals surface area contributed by atoms with E-state index in [1.807, 2.05) is 0 Å². The molecule has 2 N–H and O–H groups in total. The Labute approximate surface area is 158 Å². The van der Waals surface area contributed by atoms with Gasteiger partial charge in [-0.15, -0.1) is 0 Å². The number of carbonyl (C=O) groups excluding carboxylic acids is 1. The minimum absolute atomic E-state index is 0.282. The molecule has 0 spiro atoms. The molecule has 0 saturated carbocycles. The summed E-state index contributed by atoms with van der Waals surface area (Å²) < 4.78 is 6.81. The summed E-state index contributed by atoms with van der Waals surface area (Å²) in [5.74, 6) is 0.0142. The molecule has 1 unspecified atom stereocenters. The van der Waals surface area contributed by atoms with Gasteiger partial charge in [-0.05, 0) is 37.3 Å². The van der Waals surface area contributed by atoms with Crippen LogP contribution in [0.25, 0.3) is 16.6 Å². The second kappa shape index (κ2) is 7.39. The van der Waals surface area contributed by atoms with Gasteiger partial charge in [-0.2, -0.15) is 0 Å². The smallest absolute Gasteiger partial charge is 0.266 e. The van der Waals surface area contributed by atoms with Crippen molar-refractivity contribution in [3.8, 4) is 11.4 Å². The largest absolute Gasteiger partial charge is 0.495 e. The summed E-state index contributed by atoms with van der Waals surface area (Å²) in [6.07, 6.45) is 0. The number of benzene rings is 2. The van der Waals surface area contributed by atoms with Crippen LogP contribution in [0.15, 0.2) is 52.4 Å². The fourth-order valence-corrected chi connectivity index (χ4v) is 3.50. The number of nitrogens with zero attached hydrogens (tertiary/aromatic N) is 2. The molecule has 0 radical (unpaired) electrons. The lowest BCUT2D eigenvalue weighted by Crippen LogP contribution is -2.26. The Morgan fingerprint density at radius 1 is 1.31 bits per heavy atom. The van der Waals surface area contributed by atoms with Crippen LogP contribution in [0.3, 0.4) is 0 Å². The molecule has 1 atom stereocenters. The third-order valence-corrected chi connectivity index (χ3v) is 5.12. The maximum atomic E-state index is 13.2. The van der Waals surface area contributed by atoms with Gasteiger partial charge in [-0.25, -0.2) is 4.98 Å². The zero-order valence-electron chi connectivity index (χ0n) is 14.1. The van der Waals surface area contributed by atoms with Gasteiger partial charge in [0.2, 0.25) is 5.91 Å². The van der Waals surface area contributed by atoms with Crippen molar-refractivity contribution in [1.82, 2.24) is 9.55 Å². The first-order valence-electron chi connectivity index (χ1n) is 7.74. The molecule has 0 aliphatic heterocycles. The highest BCUT2D eigenvalue weighted by molar-refractivity contribution is 8.00. The summed E-state index contributed by atoms with van der Waals surface area (Å²) in [6, 6.07) is 12.0. The lowest BCUT2D eigenvalue weighted by Gasteiger charge is -2.17. The normalized spacial score (nSPS) is 12.1. The Kier molecular flexibility index (Phi) is 5.20. The van der Waals surface area contributed by atoms with Crippen LogP contribution < -0.4 is 16.0 Å². The van der Waals surface area contributed by atoms with Crippen molar-refractivity contribution in [2.75, 3.05) is 7.11 Å². The number of carbonyl (C=O) groups is 1. The highest BCUT2D eigenvalue weighted by atomic mass is 35.5. The van der Waals surface area contributed by atoms with Gasteiger partial charge in [-0.1, -0.05) is 35.5 Å². The number of thioether (sulfide) groups is 1. The summed E-state index contributed by atoms with van der Waals surface area (Å²) >= 11 is 7.14. The van der Waals surface area contributed by atoms with Crippen LogP contribution in [0.1, 0.15) is 6.92 Å². The number of nitrogens with two attached hydrogens (primary N) is 1. The highest BCUT2D eigenvalue weighted by Crippen LogP contribution is 2.29. The minimum atomic E-state index is -0.570. The molecular weight excluding hydrogens is 374 g/mol. The summed E-state index contributed by atoms with van der Waals surface area (Å²) in [5.41, 5.74) is 6.08. The summed E-state index contributed by atoms with van der Waals surface area (Å²) in [5, 5.41) is 0.648. The molecule has 2 aromatic carbocycles. The first-order chi connectivity index (χ1) is 12.4. The van der Waals surface area contributed by atoms with Crippen LogP contribution in [-0.2, 0) is 4.79 Å². The second-order valence-electron chi connectivity index (χ2n) is 5.53. The molecule has 0 bridgehead atoms. The van der Waals surface area contributed by atoms with E-state index in [0.29, 0.717) is 32.5 Å². The molecule has 1 amide bonds. The molecule has 1 heterocycles. The first-order valence-corrected chi connectivity index (χ1v) is 9.00. The number of hydrogen-bond donors (Lipinski definition) is 1. The third kappa shape index (κ3) is 3.40. The number of hydrogen-bond acceptors (Lipinski definition) is 5. The van der Waals surface area contributed by atoms with E-state index in [-0.39, 0.29) is 5.56 Å². The number of aromatic nitrogens is 2. The number of methoxy groups -OCH3 is 1. The van der Waals surface area contributed by atoms with E-state index in [2.05, 4.69) is 4.98 Å². The van der Waals surface area contributed by atoms with Crippen molar-refractivity contribution in [2.45, 2.75) is 17.3 Å². The SMILES string of the molecule is COc1ccccc1-n1c(SC(C)C(N)=O)nc2cc(Cl)ccc2c1=O. The zero-order valence-corrected chi connectivity index (χ0v) is 15.7. The van der Waals surface area contributed by atoms with Crippen LogP contribution in [-0.4, -0.2) is 27.8 Å². The maximum Gasteiger partial charge on any atom is 0.266 e. The quantitative estimate of drug-likeness (QED) is 0.535. The van der Waals surface area contributed by atoms with Crippen molar-refractivity contribution >= 4 is 40.2 Å². The van der Waals surface area contributed by atoms with E-state index < -0.39 is 11.2 Å². The van der Waals surface area contributed by atoms with Gasteiger partial charge >= 0.3 is 0 Å². The molecule has 8 heteroatoms. The molecule has 26 heavy (non-hydrogen) atoms. The van der Waals surface area contributed by atoms with Crippen LogP contribution in [0.2, 0.25) is 5.02 Å². The number of para-hydroxylation sites is 2. The predicted octanol–water partition coefficient (Wildman–Crippen LogP) is 3.01. The zero-order chi connectivity index (χ0) is 18.8. The van der Waals surface area contributed by atoms with Crippen LogP contribution >= 0.6 is 23.4 Å². The Balaban J connectivity index is 2.34. The van der Waals surface area contributed by atoms with E-state index >= 15 is 0 Å². The van der Waals surface area contributed by atoms with Gasteiger partial charge in [-0.3, -0.25) is 14.2 Å². The number of rotatable bonds is 5. The van der Waals surface area contributed by atoms with Crippen LogP contribution in [0.4, 0.5) is 0 Å². The van der Waals surface area contributed by atoms with Crippen molar-refractivity contribution in [3.63, 3.8) is 0 Å². The van der Waals surface area contributed by atoms with Crippen molar-refractivity contribution in [3.05, 3.63) is 57.8 Å². The highest BCUT2D eigenvalue weighted by Gasteiger charge is 2.20. The second-order valence-corrected chi connectivity index (χ2v) is 7.28. The fraction of sp³-hybridized carbons (Fsp3) is 0.167. The predicted molar refractivity (Wildman–Crippen MR) is 103 cm³/mol. The summed E-state index contributed by atoms with van der Waals surface area (Å²) in [4.78, 5) is 29.2. The van der Waals surface area contributed by atoms with Gasteiger partial charge in [0.1, 0.15) is 5.75 Å². The minimum Gasteiger partial charge on any atom is -0.495 e. The Hall–Kier alpha value is -2.51. The molecule has 0 aliphatic rings. The number of halogens is 1. The molecule has 1 aromatic heterocycles. The van der Waals surface area contributed by atoms with Gasteiger partial charge in [0.25, 0.3) is 5.56 Å². The molecule has 0 fully saturated rings. The summed E-state index contributed by atoms with van der Waals surface area (Å²) in [6.45, 7) is 1.66. The molecule has 6 nitrogen and oxygen atoms in total. The van der Waals surface area contributed by atoms with Gasteiger partial charge in [0, 0.05) is 5.02 Å². The topological polar surface area (TPSA) is 87.2 Å². The average Bonchev–Trinajstić information content (AvgIpc) is 2.61. The standard InChI is InChI=1S/C18H16ClN3O3S/c1-10(16(20)23)26-18-21-13-9-11(19)7-8-12(13)17(24)22(18)14-5-3-4-6-15(14)25-2/h3-10H,1-2H3,(H2,20,23). The number of primary amides is 1. The maximum absolute atomic E-state index is 13.2. The van der Waals surface area contributed by atoms with E-state index in [1.54, 1.807) is 49.4 Å². The van der Waals surface area contributed by atoms with E-state index in [9.17, 15) is 9.59 Å². The Morgan fingerprint density at radius 2 is 2.04 bits per heavy atom. The molecular formula is C18H16ClN3O3S. The molecule has 0 aliphatic carbocycles. The van der Waals surface area contributed by atoms with Gasteiger partial charge in [0.05, 0.1) is 29.0 Å². The van der Waals surface area contributed by atoms with Gasteiger partial charge in [0.15, 0.2) is 5.16 Å². The van der Waals surface area contributed by atoms with Crippen molar-refractivity contribution < 1.29 is 9.53 Å². The number of amides is 1. The Morgan fingerprint density at radius 3 is 2.73 bits per heavy atom. The van der Waals surface area contributed by atoms with E-state index in [0.717, 1.165) is 11.8 Å². The lowest BCUT2D eigenvalue weighted by atomic mass is 10.2. The molecule has 0 saturated heterocycles. The Bertz CT molecular complexity index is 1050. The first kappa shape index (κ1) is 18.3. The van der Waals surface area contributed by atoms with E-state index in [4.69, 9.17) is 22.1 Å². The third-order valence-electron chi connectivity index (χ3n) is 3.81. The number of ether oxygens (including phenoxy) is 1. The fourth-order valence-electron chi connectivity index (χ4n) is 2.46. The monoisotopic (exact) mass is 389 g/mol. The number of fused-ring (bicyclic) bond motifs is 1. The lowest BCUT2D eigenvalue weighted by molar-refractivity contribution is -0.117. The molecule has 134 valence electrons.